The first-order chi connectivity index (χ1) is 10.0. The molecule has 0 amide bonds. The highest BCUT2D eigenvalue weighted by Gasteiger charge is 2.33. The first-order valence-corrected chi connectivity index (χ1v) is 8.50. The van der Waals surface area contributed by atoms with Crippen molar-refractivity contribution in [2.75, 3.05) is 0 Å². The minimum absolute atomic E-state index is 0.0888. The van der Waals surface area contributed by atoms with Crippen molar-refractivity contribution in [3.05, 3.63) is 45.3 Å². The van der Waals surface area contributed by atoms with Crippen molar-refractivity contribution in [2.45, 2.75) is 18.0 Å². The number of sulfonamides is 1. The Morgan fingerprint density at radius 1 is 1.23 bits per heavy atom. The van der Waals surface area contributed by atoms with E-state index in [4.69, 9.17) is 5.14 Å². The molecule has 0 aliphatic rings. The number of halogens is 4. The fraction of sp³-hybridized carbons (Fsp3) is 0.154. The zero-order valence-corrected chi connectivity index (χ0v) is 14.1. The van der Waals surface area contributed by atoms with Crippen LogP contribution in [0.3, 0.4) is 0 Å². The average Bonchev–Trinajstić information content (AvgIpc) is 2.39. The molecule has 0 saturated heterocycles. The summed E-state index contributed by atoms with van der Waals surface area (Å²) in [6, 6.07) is 5.17. The van der Waals surface area contributed by atoms with Crippen molar-refractivity contribution >= 4 is 32.6 Å². The van der Waals surface area contributed by atoms with E-state index in [1.54, 1.807) is 13.0 Å². The Morgan fingerprint density at radius 2 is 1.86 bits per heavy atom. The van der Waals surface area contributed by atoms with Crippen LogP contribution in [-0.4, -0.2) is 13.4 Å². The van der Waals surface area contributed by atoms with E-state index in [1.807, 2.05) is 22.6 Å². The van der Waals surface area contributed by atoms with Gasteiger partial charge in [0.2, 0.25) is 10.0 Å². The molecule has 0 aliphatic carbocycles. The van der Waals surface area contributed by atoms with Gasteiger partial charge in [-0.05, 0) is 58.8 Å². The number of benzene rings is 1. The molecular formula is C13H10F3IN2O2S. The number of aromatic nitrogens is 1. The highest BCUT2D eigenvalue weighted by Crippen LogP contribution is 2.34. The highest BCUT2D eigenvalue weighted by molar-refractivity contribution is 14.1. The minimum atomic E-state index is -4.62. The van der Waals surface area contributed by atoms with Crippen LogP contribution < -0.4 is 5.14 Å². The van der Waals surface area contributed by atoms with E-state index in [9.17, 15) is 21.6 Å². The third kappa shape index (κ3) is 3.41. The molecule has 2 rings (SSSR count). The molecule has 0 aliphatic heterocycles. The van der Waals surface area contributed by atoms with Crippen molar-refractivity contribution in [2.24, 2.45) is 5.14 Å². The van der Waals surface area contributed by atoms with Gasteiger partial charge in [0, 0.05) is 15.3 Å². The lowest BCUT2D eigenvalue weighted by atomic mass is 10.0. The van der Waals surface area contributed by atoms with Gasteiger partial charge in [-0.3, -0.25) is 4.98 Å². The summed E-state index contributed by atoms with van der Waals surface area (Å²) in [6.45, 7) is 1.55. The van der Waals surface area contributed by atoms with Crippen LogP contribution in [0.1, 0.15) is 11.3 Å². The molecule has 0 saturated carbocycles. The third-order valence-electron chi connectivity index (χ3n) is 2.99. The normalized spacial score (nSPS) is 12.5. The predicted molar refractivity (Wildman–Crippen MR) is 83.5 cm³/mol. The molecule has 2 N–H and O–H groups in total. The molecule has 0 fully saturated rings. The summed E-state index contributed by atoms with van der Waals surface area (Å²) < 4.78 is 62.6. The standard InChI is InChI=1S/C13H10F3IN2O2S/c1-7-10(17)3-2-9(12(7)22(18,20)21)8-4-5-19-11(6-8)13(14,15)16/h2-6H,1H3,(H2,18,20,21). The molecule has 9 heteroatoms. The van der Waals surface area contributed by atoms with Gasteiger partial charge in [-0.15, -0.1) is 0 Å². The summed E-state index contributed by atoms with van der Waals surface area (Å²) in [5.41, 5.74) is -0.494. The molecule has 0 spiro atoms. The predicted octanol–water partition coefficient (Wildman–Crippen LogP) is 3.33. The van der Waals surface area contributed by atoms with E-state index in [0.29, 0.717) is 9.13 Å². The lowest BCUT2D eigenvalue weighted by Crippen LogP contribution is -2.16. The maximum atomic E-state index is 12.8. The van der Waals surface area contributed by atoms with Crippen LogP contribution in [-0.2, 0) is 16.2 Å². The van der Waals surface area contributed by atoms with E-state index in [2.05, 4.69) is 4.98 Å². The fourth-order valence-electron chi connectivity index (χ4n) is 2.01. The second-order valence-electron chi connectivity index (χ2n) is 4.52. The van der Waals surface area contributed by atoms with Crippen LogP contribution >= 0.6 is 22.6 Å². The van der Waals surface area contributed by atoms with Crippen molar-refractivity contribution in [3.8, 4) is 11.1 Å². The van der Waals surface area contributed by atoms with E-state index >= 15 is 0 Å². The molecule has 1 aromatic carbocycles. The molecule has 0 atom stereocenters. The zero-order valence-electron chi connectivity index (χ0n) is 11.1. The summed E-state index contributed by atoms with van der Waals surface area (Å²) in [6.07, 6.45) is -3.63. The van der Waals surface area contributed by atoms with Gasteiger partial charge in [0.15, 0.2) is 0 Å². The number of rotatable bonds is 2. The molecule has 1 aromatic heterocycles. The highest BCUT2D eigenvalue weighted by atomic mass is 127. The van der Waals surface area contributed by atoms with Gasteiger partial charge in [-0.25, -0.2) is 13.6 Å². The Kier molecular flexibility index (Phi) is 4.51. The quantitative estimate of drug-likeness (QED) is 0.726. The molecule has 0 unspecified atom stereocenters. The second kappa shape index (κ2) is 5.78. The Labute approximate surface area is 138 Å². The summed E-state index contributed by atoms with van der Waals surface area (Å²) >= 11 is 1.93. The van der Waals surface area contributed by atoms with Crippen molar-refractivity contribution < 1.29 is 21.6 Å². The van der Waals surface area contributed by atoms with Gasteiger partial charge >= 0.3 is 6.18 Å². The second-order valence-corrected chi connectivity index (χ2v) is 7.18. The Bertz CT molecular complexity index is 836. The Hall–Kier alpha value is -1.20. The molecule has 0 bridgehead atoms. The summed E-state index contributed by atoms with van der Waals surface area (Å²) in [5.74, 6) is 0. The van der Waals surface area contributed by atoms with Gasteiger partial charge < -0.3 is 0 Å². The first kappa shape index (κ1) is 17.2. The number of pyridine rings is 1. The number of nitrogens with zero attached hydrogens (tertiary/aromatic N) is 1. The number of nitrogens with two attached hydrogens (primary N) is 1. The molecule has 1 heterocycles. The van der Waals surface area contributed by atoms with Crippen LogP contribution in [0.4, 0.5) is 13.2 Å². The smallest absolute Gasteiger partial charge is 0.252 e. The van der Waals surface area contributed by atoms with E-state index in [0.717, 1.165) is 12.3 Å². The van der Waals surface area contributed by atoms with Crippen LogP contribution in [0.5, 0.6) is 0 Å². The number of alkyl halides is 3. The lowest BCUT2D eigenvalue weighted by Gasteiger charge is -2.14. The molecular weight excluding hydrogens is 432 g/mol. The zero-order chi connectivity index (χ0) is 16.7. The fourth-order valence-corrected chi connectivity index (χ4v) is 3.68. The third-order valence-corrected chi connectivity index (χ3v) is 5.25. The number of hydrogen-bond acceptors (Lipinski definition) is 3. The maximum Gasteiger partial charge on any atom is 0.433 e. The minimum Gasteiger partial charge on any atom is -0.252 e. The molecule has 118 valence electrons. The first-order valence-electron chi connectivity index (χ1n) is 5.87. The van der Waals surface area contributed by atoms with Crippen LogP contribution in [0.15, 0.2) is 35.4 Å². The van der Waals surface area contributed by atoms with Crippen LogP contribution in [0.2, 0.25) is 0 Å². The maximum absolute atomic E-state index is 12.8. The van der Waals surface area contributed by atoms with Gasteiger partial charge in [0.05, 0.1) is 4.90 Å². The molecule has 0 radical (unpaired) electrons. The van der Waals surface area contributed by atoms with Gasteiger partial charge in [0.25, 0.3) is 0 Å². The molecule has 22 heavy (non-hydrogen) atoms. The number of hydrogen-bond donors (Lipinski definition) is 1. The van der Waals surface area contributed by atoms with Crippen molar-refractivity contribution in [3.63, 3.8) is 0 Å². The van der Waals surface area contributed by atoms with E-state index in [1.165, 1.54) is 12.1 Å². The topological polar surface area (TPSA) is 73.0 Å². The van der Waals surface area contributed by atoms with Gasteiger partial charge in [-0.2, -0.15) is 13.2 Å². The summed E-state index contributed by atoms with van der Waals surface area (Å²) in [4.78, 5) is 3.08. The van der Waals surface area contributed by atoms with Crippen LogP contribution in [0.25, 0.3) is 11.1 Å². The monoisotopic (exact) mass is 442 g/mol. The van der Waals surface area contributed by atoms with E-state index < -0.39 is 21.9 Å². The van der Waals surface area contributed by atoms with Gasteiger partial charge in [0.1, 0.15) is 5.69 Å². The Balaban J connectivity index is 2.77. The SMILES string of the molecule is Cc1c(I)ccc(-c2ccnc(C(F)(F)F)c2)c1S(N)(=O)=O. The molecule has 2 aromatic rings. The number of primary sulfonamides is 1. The summed E-state index contributed by atoms with van der Waals surface area (Å²) in [5, 5.41) is 5.22. The van der Waals surface area contributed by atoms with Crippen LogP contribution in [0, 0.1) is 10.5 Å². The van der Waals surface area contributed by atoms with Crippen molar-refractivity contribution in [1.82, 2.24) is 4.98 Å². The molecule has 4 nitrogen and oxygen atoms in total. The largest absolute Gasteiger partial charge is 0.433 e. The Morgan fingerprint density at radius 3 is 2.41 bits per heavy atom. The van der Waals surface area contributed by atoms with Crippen molar-refractivity contribution in [1.29, 1.82) is 0 Å². The average molecular weight is 442 g/mol. The van der Waals surface area contributed by atoms with Gasteiger partial charge in [-0.1, -0.05) is 6.07 Å². The van der Waals surface area contributed by atoms with E-state index in [-0.39, 0.29) is 16.0 Å². The summed E-state index contributed by atoms with van der Waals surface area (Å²) in [7, 11) is -4.09. The lowest BCUT2D eigenvalue weighted by molar-refractivity contribution is -0.141.